The van der Waals surface area contributed by atoms with E-state index >= 15 is 0 Å². The quantitative estimate of drug-likeness (QED) is 0.685. The Balaban J connectivity index is 1.35. The minimum absolute atomic E-state index is 0.0942. The van der Waals surface area contributed by atoms with Gasteiger partial charge in [0, 0.05) is 36.7 Å². The highest BCUT2D eigenvalue weighted by Crippen LogP contribution is 2.31. The second-order valence-electron chi connectivity index (χ2n) is 9.22. The molecule has 1 aliphatic heterocycles. The van der Waals surface area contributed by atoms with Crippen LogP contribution in [0.4, 0.5) is 5.69 Å². The molecule has 2 heterocycles. The molecule has 172 valence electrons. The highest BCUT2D eigenvalue weighted by molar-refractivity contribution is 6.02. The molecule has 1 aromatic carbocycles. The molecule has 7 nitrogen and oxygen atoms in total. The number of carbonyl (C=O) groups is 2. The molecule has 1 aromatic heterocycles. The van der Waals surface area contributed by atoms with Gasteiger partial charge >= 0.3 is 0 Å². The Morgan fingerprint density at radius 3 is 2.56 bits per heavy atom. The molecule has 7 heteroatoms. The molecule has 1 aliphatic carbocycles. The van der Waals surface area contributed by atoms with Crippen molar-refractivity contribution in [2.75, 3.05) is 18.4 Å². The fourth-order valence-corrected chi connectivity index (χ4v) is 4.70. The van der Waals surface area contributed by atoms with Gasteiger partial charge in [-0.1, -0.05) is 24.4 Å². The van der Waals surface area contributed by atoms with E-state index in [0.717, 1.165) is 56.5 Å². The standard InChI is InChI=1S/C25H33N3O4/c1-17(2)31-21-12-10-20(11-13-21)26-24(29)23-15-22(27-32-23)19-9-6-14-28(16-19)25(30)18-7-4-3-5-8-18/h10-13,15,17-19H,3-9,14,16H2,1-2H3,(H,26,29)/t19-/m1/s1. The smallest absolute Gasteiger partial charge is 0.294 e. The molecule has 32 heavy (non-hydrogen) atoms. The Labute approximate surface area is 189 Å². The minimum atomic E-state index is -0.341. The van der Waals surface area contributed by atoms with Crippen LogP contribution < -0.4 is 10.1 Å². The van der Waals surface area contributed by atoms with Crippen molar-refractivity contribution in [2.45, 2.75) is 70.8 Å². The molecule has 2 amide bonds. The maximum atomic E-state index is 12.9. The first-order chi connectivity index (χ1) is 15.5. The number of rotatable bonds is 6. The number of hydrogen-bond acceptors (Lipinski definition) is 5. The van der Waals surface area contributed by atoms with Gasteiger partial charge in [0.05, 0.1) is 11.8 Å². The van der Waals surface area contributed by atoms with Crippen LogP contribution in [-0.4, -0.2) is 41.1 Å². The number of piperidine rings is 1. The van der Waals surface area contributed by atoms with Crippen molar-refractivity contribution >= 4 is 17.5 Å². The van der Waals surface area contributed by atoms with Crippen LogP contribution in [0.2, 0.25) is 0 Å². The zero-order valence-corrected chi connectivity index (χ0v) is 19.0. The van der Waals surface area contributed by atoms with Gasteiger partial charge in [-0.3, -0.25) is 9.59 Å². The molecule has 2 aliphatic rings. The predicted octanol–water partition coefficient (Wildman–Crippen LogP) is 5.00. The molecular weight excluding hydrogens is 406 g/mol. The molecule has 1 saturated heterocycles. The van der Waals surface area contributed by atoms with E-state index in [4.69, 9.17) is 9.26 Å². The molecule has 2 aromatic rings. The highest BCUT2D eigenvalue weighted by atomic mass is 16.5. The number of hydrogen-bond donors (Lipinski definition) is 1. The van der Waals surface area contributed by atoms with Gasteiger partial charge in [-0.15, -0.1) is 0 Å². The third-order valence-corrected chi connectivity index (χ3v) is 6.34. The molecule has 0 spiro atoms. The Hall–Kier alpha value is -2.83. The summed E-state index contributed by atoms with van der Waals surface area (Å²) in [4.78, 5) is 27.5. The van der Waals surface area contributed by atoms with E-state index in [2.05, 4.69) is 10.5 Å². The number of nitrogens with one attached hydrogen (secondary N) is 1. The average molecular weight is 440 g/mol. The first kappa shape index (κ1) is 22.4. The Bertz CT molecular complexity index is 916. The largest absolute Gasteiger partial charge is 0.491 e. The van der Waals surface area contributed by atoms with Crippen molar-refractivity contribution < 1.29 is 18.8 Å². The lowest BCUT2D eigenvalue weighted by atomic mass is 9.87. The fourth-order valence-electron chi connectivity index (χ4n) is 4.70. The van der Waals surface area contributed by atoms with Crippen LogP contribution >= 0.6 is 0 Å². The van der Waals surface area contributed by atoms with Crippen molar-refractivity contribution in [3.8, 4) is 5.75 Å². The number of amides is 2. The maximum Gasteiger partial charge on any atom is 0.294 e. The van der Waals surface area contributed by atoms with Gasteiger partial charge in [0.1, 0.15) is 5.75 Å². The SMILES string of the molecule is CC(C)Oc1ccc(NC(=O)c2cc([C@@H]3CCCN(C(=O)C4CCCCC4)C3)no2)cc1. The Morgan fingerprint density at radius 1 is 1.09 bits per heavy atom. The Morgan fingerprint density at radius 2 is 1.84 bits per heavy atom. The summed E-state index contributed by atoms with van der Waals surface area (Å²) in [6.07, 6.45) is 7.56. The number of likely N-dealkylation sites (tertiary alicyclic amines) is 1. The second-order valence-corrected chi connectivity index (χ2v) is 9.22. The van der Waals surface area contributed by atoms with Crippen molar-refractivity contribution in [1.82, 2.24) is 10.1 Å². The number of benzene rings is 1. The van der Waals surface area contributed by atoms with Crippen LogP contribution in [0.1, 0.15) is 81.0 Å². The number of aromatic nitrogens is 1. The van der Waals surface area contributed by atoms with E-state index in [1.165, 1.54) is 6.42 Å². The van der Waals surface area contributed by atoms with Gasteiger partial charge < -0.3 is 19.5 Å². The van der Waals surface area contributed by atoms with Crippen LogP contribution in [0.5, 0.6) is 5.75 Å². The molecule has 1 saturated carbocycles. The van der Waals surface area contributed by atoms with Crippen molar-refractivity contribution in [1.29, 1.82) is 0 Å². The zero-order chi connectivity index (χ0) is 22.5. The van der Waals surface area contributed by atoms with Crippen LogP contribution in [0.25, 0.3) is 0 Å². The first-order valence-corrected chi connectivity index (χ1v) is 11.8. The lowest BCUT2D eigenvalue weighted by molar-refractivity contribution is -0.137. The second kappa shape index (κ2) is 10.2. The summed E-state index contributed by atoms with van der Waals surface area (Å²) in [5.74, 6) is 1.17. The van der Waals surface area contributed by atoms with Gasteiger partial charge in [0.15, 0.2) is 0 Å². The summed E-state index contributed by atoms with van der Waals surface area (Å²) in [5, 5.41) is 6.99. The zero-order valence-electron chi connectivity index (χ0n) is 19.0. The molecule has 1 atom stereocenters. The van der Waals surface area contributed by atoms with Crippen LogP contribution in [0, 0.1) is 5.92 Å². The number of carbonyl (C=O) groups excluding carboxylic acids is 2. The summed E-state index contributed by atoms with van der Waals surface area (Å²) in [6.45, 7) is 5.40. The lowest BCUT2D eigenvalue weighted by Crippen LogP contribution is -2.42. The van der Waals surface area contributed by atoms with E-state index < -0.39 is 0 Å². The lowest BCUT2D eigenvalue weighted by Gasteiger charge is -2.35. The average Bonchev–Trinajstić information content (AvgIpc) is 3.31. The normalized spacial score (nSPS) is 19.7. The summed E-state index contributed by atoms with van der Waals surface area (Å²) < 4.78 is 11.0. The Kier molecular flexibility index (Phi) is 7.12. The van der Waals surface area contributed by atoms with E-state index in [9.17, 15) is 9.59 Å². The number of ether oxygens (including phenoxy) is 1. The summed E-state index contributed by atoms with van der Waals surface area (Å²) in [7, 11) is 0. The highest BCUT2D eigenvalue weighted by Gasteiger charge is 2.31. The molecular formula is C25H33N3O4. The van der Waals surface area contributed by atoms with Crippen LogP contribution in [-0.2, 0) is 4.79 Å². The minimum Gasteiger partial charge on any atom is -0.491 e. The molecule has 1 N–H and O–H groups in total. The number of nitrogens with zero attached hydrogens (tertiary/aromatic N) is 2. The third kappa shape index (κ3) is 5.50. The molecule has 4 rings (SSSR count). The summed E-state index contributed by atoms with van der Waals surface area (Å²) in [6, 6.07) is 8.94. The maximum absolute atomic E-state index is 12.9. The fraction of sp³-hybridized carbons (Fsp3) is 0.560. The molecule has 0 radical (unpaired) electrons. The molecule has 2 fully saturated rings. The van der Waals surface area contributed by atoms with E-state index in [0.29, 0.717) is 18.1 Å². The topological polar surface area (TPSA) is 84.7 Å². The van der Waals surface area contributed by atoms with Gasteiger partial charge in [-0.25, -0.2) is 0 Å². The summed E-state index contributed by atoms with van der Waals surface area (Å²) in [5.41, 5.74) is 1.41. The van der Waals surface area contributed by atoms with Gasteiger partial charge in [0.25, 0.3) is 5.91 Å². The van der Waals surface area contributed by atoms with E-state index in [-0.39, 0.29) is 29.6 Å². The van der Waals surface area contributed by atoms with Crippen LogP contribution in [0.15, 0.2) is 34.9 Å². The monoisotopic (exact) mass is 439 g/mol. The first-order valence-electron chi connectivity index (χ1n) is 11.8. The van der Waals surface area contributed by atoms with E-state index in [1.54, 1.807) is 18.2 Å². The van der Waals surface area contributed by atoms with Gasteiger partial charge in [0.2, 0.25) is 11.7 Å². The molecule has 0 bridgehead atoms. The van der Waals surface area contributed by atoms with Crippen LogP contribution in [0.3, 0.4) is 0 Å². The van der Waals surface area contributed by atoms with E-state index in [1.807, 2.05) is 30.9 Å². The summed E-state index contributed by atoms with van der Waals surface area (Å²) >= 11 is 0. The molecule has 0 unspecified atom stereocenters. The predicted molar refractivity (Wildman–Crippen MR) is 122 cm³/mol. The third-order valence-electron chi connectivity index (χ3n) is 6.34. The van der Waals surface area contributed by atoms with Gasteiger partial charge in [-0.2, -0.15) is 0 Å². The van der Waals surface area contributed by atoms with Crippen molar-refractivity contribution in [3.05, 3.63) is 41.8 Å². The van der Waals surface area contributed by atoms with Crippen molar-refractivity contribution in [2.24, 2.45) is 5.92 Å². The van der Waals surface area contributed by atoms with Crippen molar-refractivity contribution in [3.63, 3.8) is 0 Å². The number of anilines is 1. The van der Waals surface area contributed by atoms with Gasteiger partial charge in [-0.05, 0) is 63.8 Å².